The average molecular weight is 438 g/mol. The first-order valence-corrected chi connectivity index (χ1v) is 10.5. The molecule has 0 saturated heterocycles. The van der Waals surface area contributed by atoms with E-state index in [-0.39, 0.29) is 0 Å². The van der Waals surface area contributed by atoms with Gasteiger partial charge in [0.1, 0.15) is 17.5 Å². The van der Waals surface area contributed by atoms with Crippen LogP contribution < -0.4 is 0 Å². The van der Waals surface area contributed by atoms with Crippen molar-refractivity contribution in [3.05, 3.63) is 77.1 Å². The Morgan fingerprint density at radius 3 is 2.68 bits per heavy atom. The molecule has 0 fully saturated rings. The van der Waals surface area contributed by atoms with Crippen LogP contribution in [0.4, 0.5) is 0 Å². The minimum atomic E-state index is -0.824. The first kappa shape index (κ1) is 21.2. The molecular formula is C24H24ClN3O3. The van der Waals surface area contributed by atoms with Gasteiger partial charge in [0.25, 0.3) is 0 Å². The topological polar surface area (TPSA) is 71.5 Å². The number of aromatic nitrogens is 2. The molecular weight excluding hydrogens is 414 g/mol. The Morgan fingerprint density at radius 2 is 1.94 bits per heavy atom. The Kier molecular flexibility index (Phi) is 6.11. The van der Waals surface area contributed by atoms with E-state index in [1.165, 1.54) is 0 Å². The van der Waals surface area contributed by atoms with E-state index in [0.717, 1.165) is 27.8 Å². The van der Waals surface area contributed by atoms with Gasteiger partial charge in [-0.25, -0.2) is 0 Å². The number of likely N-dealkylation sites (N-methyl/N-ethyl adjacent to an activating group) is 1. The summed E-state index contributed by atoms with van der Waals surface area (Å²) in [7, 11) is 3.58. The van der Waals surface area contributed by atoms with Crippen molar-refractivity contribution in [1.82, 2.24) is 14.6 Å². The molecule has 4 rings (SSSR count). The molecule has 160 valence electrons. The van der Waals surface area contributed by atoms with E-state index < -0.39 is 12.0 Å². The summed E-state index contributed by atoms with van der Waals surface area (Å²) < 4.78 is 7.69. The van der Waals surface area contributed by atoms with Crippen LogP contribution in [0.3, 0.4) is 0 Å². The summed E-state index contributed by atoms with van der Waals surface area (Å²) in [6.45, 7) is 0.692. The maximum absolute atomic E-state index is 11.7. The van der Waals surface area contributed by atoms with Crippen molar-refractivity contribution in [3.8, 4) is 11.3 Å². The summed E-state index contributed by atoms with van der Waals surface area (Å²) in [5.74, 6) is -0.0541. The number of hydrogen-bond donors (Lipinski definition) is 1. The highest BCUT2D eigenvalue weighted by Gasteiger charge is 2.22. The number of rotatable bonds is 8. The van der Waals surface area contributed by atoms with Gasteiger partial charge in [-0.05, 0) is 31.8 Å². The van der Waals surface area contributed by atoms with E-state index in [9.17, 15) is 9.90 Å². The molecule has 0 amide bonds. The first-order valence-electron chi connectivity index (χ1n) is 10.1. The highest BCUT2D eigenvalue weighted by atomic mass is 35.5. The van der Waals surface area contributed by atoms with Crippen molar-refractivity contribution < 1.29 is 14.4 Å². The Labute approximate surface area is 185 Å². The molecule has 1 atom stereocenters. The van der Waals surface area contributed by atoms with Crippen molar-refractivity contribution in [3.63, 3.8) is 0 Å². The number of carboxylic acid groups (broad SMARTS) is 1. The van der Waals surface area contributed by atoms with Crippen LogP contribution in [0.25, 0.3) is 22.2 Å². The number of aryl methyl sites for hydroxylation is 2. The molecule has 7 heteroatoms. The van der Waals surface area contributed by atoms with Crippen molar-refractivity contribution in [2.45, 2.75) is 25.4 Å². The van der Waals surface area contributed by atoms with E-state index in [2.05, 4.69) is 22.0 Å². The van der Waals surface area contributed by atoms with Crippen LogP contribution in [0, 0.1) is 0 Å². The molecule has 0 radical (unpaired) electrons. The molecule has 2 aromatic carbocycles. The lowest BCUT2D eigenvalue weighted by Gasteiger charge is -2.19. The van der Waals surface area contributed by atoms with Crippen molar-refractivity contribution in [2.75, 3.05) is 14.1 Å². The van der Waals surface area contributed by atoms with E-state index in [1.807, 2.05) is 48.5 Å². The predicted molar refractivity (Wildman–Crippen MR) is 121 cm³/mol. The van der Waals surface area contributed by atoms with Crippen LogP contribution in [0.2, 0.25) is 5.02 Å². The third-order valence-corrected chi connectivity index (χ3v) is 5.83. The minimum Gasteiger partial charge on any atom is -0.480 e. The van der Waals surface area contributed by atoms with Gasteiger partial charge in [0.2, 0.25) is 0 Å². The third kappa shape index (κ3) is 4.50. The second-order valence-corrected chi connectivity index (χ2v) is 8.20. The van der Waals surface area contributed by atoms with Gasteiger partial charge in [0, 0.05) is 48.1 Å². The SMILES string of the molecule is CN(C)[C@@H](Cc1cn(CCc2cc(-c3ccccc3Cl)no2)c2ccccc12)C(=O)O. The van der Waals surface area contributed by atoms with Crippen LogP contribution >= 0.6 is 11.6 Å². The second kappa shape index (κ2) is 8.96. The van der Waals surface area contributed by atoms with Gasteiger partial charge in [-0.1, -0.05) is 53.2 Å². The van der Waals surface area contributed by atoms with Gasteiger partial charge >= 0.3 is 5.97 Å². The lowest BCUT2D eigenvalue weighted by atomic mass is 10.0. The fraction of sp³-hybridized carbons (Fsp3) is 0.250. The molecule has 0 aliphatic rings. The number of benzene rings is 2. The molecule has 0 unspecified atom stereocenters. The molecule has 6 nitrogen and oxygen atoms in total. The summed E-state index contributed by atoms with van der Waals surface area (Å²) in [5.41, 5.74) is 3.66. The van der Waals surface area contributed by atoms with Crippen LogP contribution in [0.1, 0.15) is 11.3 Å². The quantitative estimate of drug-likeness (QED) is 0.430. The predicted octanol–water partition coefficient (Wildman–Crippen LogP) is 4.75. The fourth-order valence-corrected chi connectivity index (χ4v) is 4.06. The van der Waals surface area contributed by atoms with Crippen LogP contribution in [-0.4, -0.2) is 45.8 Å². The zero-order chi connectivity index (χ0) is 22.0. The zero-order valence-electron chi connectivity index (χ0n) is 17.5. The summed E-state index contributed by atoms with van der Waals surface area (Å²) in [5, 5.41) is 15.5. The van der Waals surface area contributed by atoms with Crippen molar-refractivity contribution >= 4 is 28.5 Å². The summed E-state index contributed by atoms with van der Waals surface area (Å²) in [6.07, 6.45) is 3.15. The van der Waals surface area contributed by atoms with E-state index >= 15 is 0 Å². The average Bonchev–Trinajstić information content (AvgIpc) is 3.35. The molecule has 2 aromatic heterocycles. The van der Waals surface area contributed by atoms with Gasteiger partial charge in [0.15, 0.2) is 0 Å². The summed E-state index contributed by atoms with van der Waals surface area (Å²) in [4.78, 5) is 13.4. The zero-order valence-corrected chi connectivity index (χ0v) is 18.2. The number of carboxylic acids is 1. The van der Waals surface area contributed by atoms with Gasteiger partial charge in [-0.3, -0.25) is 9.69 Å². The Balaban J connectivity index is 1.56. The smallest absolute Gasteiger partial charge is 0.321 e. The molecule has 0 aliphatic heterocycles. The van der Waals surface area contributed by atoms with Crippen molar-refractivity contribution in [1.29, 1.82) is 0 Å². The second-order valence-electron chi connectivity index (χ2n) is 7.79. The minimum absolute atomic E-state index is 0.439. The molecule has 0 spiro atoms. The van der Waals surface area contributed by atoms with Gasteiger partial charge in [-0.15, -0.1) is 0 Å². The first-order chi connectivity index (χ1) is 14.9. The van der Waals surface area contributed by atoms with E-state index in [0.29, 0.717) is 30.1 Å². The largest absolute Gasteiger partial charge is 0.480 e. The van der Waals surface area contributed by atoms with Crippen molar-refractivity contribution in [2.24, 2.45) is 0 Å². The number of aliphatic carboxylic acids is 1. The van der Waals surface area contributed by atoms with E-state index in [4.69, 9.17) is 16.1 Å². The number of hydrogen-bond acceptors (Lipinski definition) is 4. The fourth-order valence-electron chi connectivity index (χ4n) is 3.83. The molecule has 0 bridgehead atoms. The Morgan fingerprint density at radius 1 is 1.19 bits per heavy atom. The summed E-state index contributed by atoms with van der Waals surface area (Å²) >= 11 is 6.26. The Bertz CT molecular complexity index is 1210. The molecule has 0 saturated carbocycles. The van der Waals surface area contributed by atoms with Crippen LogP contribution in [0.15, 0.2) is 65.3 Å². The standard InChI is InChI=1S/C24H24ClN3O3/c1-27(2)23(24(29)30)13-16-15-28(22-10-6-4-7-18(16)22)12-11-17-14-21(26-31-17)19-8-3-5-9-20(19)25/h3-10,14-15,23H,11-13H2,1-2H3,(H,29,30)/t23-/m0/s1. The van der Waals surface area contributed by atoms with Gasteiger partial charge < -0.3 is 14.2 Å². The van der Waals surface area contributed by atoms with Gasteiger partial charge in [0.05, 0.1) is 5.02 Å². The number of halogens is 1. The molecule has 1 N–H and O–H groups in total. The number of nitrogens with zero attached hydrogens (tertiary/aromatic N) is 3. The number of para-hydroxylation sites is 1. The normalized spacial score (nSPS) is 12.5. The van der Waals surface area contributed by atoms with Crippen LogP contribution in [0.5, 0.6) is 0 Å². The van der Waals surface area contributed by atoms with Gasteiger partial charge in [-0.2, -0.15) is 0 Å². The molecule has 0 aliphatic carbocycles. The maximum atomic E-state index is 11.7. The molecule has 31 heavy (non-hydrogen) atoms. The highest BCUT2D eigenvalue weighted by molar-refractivity contribution is 6.33. The lowest BCUT2D eigenvalue weighted by Crippen LogP contribution is -2.37. The van der Waals surface area contributed by atoms with E-state index in [1.54, 1.807) is 19.0 Å². The Hall–Kier alpha value is -3.09. The monoisotopic (exact) mass is 437 g/mol. The highest BCUT2D eigenvalue weighted by Crippen LogP contribution is 2.28. The number of fused-ring (bicyclic) bond motifs is 1. The lowest BCUT2D eigenvalue weighted by molar-refractivity contribution is -0.142. The number of carbonyl (C=O) groups is 1. The third-order valence-electron chi connectivity index (χ3n) is 5.50. The van der Waals surface area contributed by atoms with Crippen LogP contribution in [-0.2, 0) is 24.2 Å². The molecule has 2 heterocycles. The maximum Gasteiger partial charge on any atom is 0.321 e. The summed E-state index contributed by atoms with van der Waals surface area (Å²) in [6, 6.07) is 17.0. The molecule has 4 aromatic rings.